The summed E-state index contributed by atoms with van der Waals surface area (Å²) in [5.74, 6) is -0.0352. The van der Waals surface area contributed by atoms with Crippen molar-refractivity contribution in [1.82, 2.24) is 4.90 Å². The summed E-state index contributed by atoms with van der Waals surface area (Å²) in [6, 6.07) is 7.22. The zero-order chi connectivity index (χ0) is 16.2. The lowest BCUT2D eigenvalue weighted by atomic mass is 10.0. The molecule has 23 heavy (non-hydrogen) atoms. The Labute approximate surface area is 142 Å². The second kappa shape index (κ2) is 7.35. The standard InChI is InChI=1S/C18H23ClN2O2/c19-15-6-8-16(9-7-15)21-13-14(12-17(21)22)18(23)20-10-4-2-1-3-5-11-20/h6-9,14H,1-5,10-13H2. The predicted octanol–water partition coefficient (Wildman–Crippen LogP) is 3.49. The first-order valence-electron chi connectivity index (χ1n) is 8.50. The van der Waals surface area contributed by atoms with Crippen molar-refractivity contribution in [2.24, 2.45) is 5.92 Å². The number of nitrogens with zero attached hydrogens (tertiary/aromatic N) is 2. The van der Waals surface area contributed by atoms with Crippen LogP contribution in [0.25, 0.3) is 0 Å². The van der Waals surface area contributed by atoms with Gasteiger partial charge >= 0.3 is 0 Å². The van der Waals surface area contributed by atoms with E-state index in [0.29, 0.717) is 18.0 Å². The molecule has 2 heterocycles. The first-order valence-corrected chi connectivity index (χ1v) is 8.87. The molecule has 0 spiro atoms. The number of hydrogen-bond acceptors (Lipinski definition) is 2. The van der Waals surface area contributed by atoms with Crippen LogP contribution in [0.2, 0.25) is 5.02 Å². The maximum Gasteiger partial charge on any atom is 0.228 e. The van der Waals surface area contributed by atoms with Crippen LogP contribution in [-0.2, 0) is 9.59 Å². The Morgan fingerprint density at radius 3 is 2.26 bits per heavy atom. The highest BCUT2D eigenvalue weighted by Gasteiger charge is 2.37. The van der Waals surface area contributed by atoms with Gasteiger partial charge in [0.25, 0.3) is 0 Å². The maximum atomic E-state index is 12.8. The molecule has 0 aromatic heterocycles. The van der Waals surface area contributed by atoms with Crippen molar-refractivity contribution in [3.63, 3.8) is 0 Å². The minimum absolute atomic E-state index is 0.0257. The van der Waals surface area contributed by atoms with Crippen LogP contribution in [0.5, 0.6) is 0 Å². The summed E-state index contributed by atoms with van der Waals surface area (Å²) < 4.78 is 0. The SMILES string of the molecule is O=C(C1CC(=O)N(c2ccc(Cl)cc2)C1)N1CCCCCCC1. The van der Waals surface area contributed by atoms with Gasteiger partial charge in [-0.3, -0.25) is 9.59 Å². The number of anilines is 1. The molecule has 1 aromatic carbocycles. The molecule has 0 radical (unpaired) electrons. The molecule has 2 saturated heterocycles. The molecular formula is C18H23ClN2O2. The Morgan fingerprint density at radius 2 is 1.61 bits per heavy atom. The van der Waals surface area contributed by atoms with Crippen LogP contribution in [0.3, 0.4) is 0 Å². The molecular weight excluding hydrogens is 312 g/mol. The lowest BCUT2D eigenvalue weighted by Crippen LogP contribution is -2.39. The van der Waals surface area contributed by atoms with E-state index in [2.05, 4.69) is 0 Å². The van der Waals surface area contributed by atoms with E-state index in [0.717, 1.165) is 31.6 Å². The summed E-state index contributed by atoms with van der Waals surface area (Å²) in [5, 5.41) is 0.647. The van der Waals surface area contributed by atoms with Crippen LogP contribution in [0, 0.1) is 5.92 Å². The fourth-order valence-electron chi connectivity index (χ4n) is 3.47. The fourth-order valence-corrected chi connectivity index (χ4v) is 3.60. The van der Waals surface area contributed by atoms with Gasteiger partial charge in [-0.2, -0.15) is 0 Å². The highest BCUT2D eigenvalue weighted by molar-refractivity contribution is 6.30. The van der Waals surface area contributed by atoms with E-state index in [1.54, 1.807) is 17.0 Å². The Bertz CT molecular complexity index is 565. The van der Waals surface area contributed by atoms with Gasteiger partial charge in [-0.1, -0.05) is 30.9 Å². The van der Waals surface area contributed by atoms with Gasteiger partial charge in [-0.25, -0.2) is 0 Å². The number of rotatable bonds is 2. The second-order valence-corrected chi connectivity index (χ2v) is 6.91. The van der Waals surface area contributed by atoms with E-state index in [1.807, 2.05) is 17.0 Å². The molecule has 1 aromatic rings. The van der Waals surface area contributed by atoms with Gasteiger partial charge in [0.05, 0.1) is 5.92 Å². The third-order valence-electron chi connectivity index (χ3n) is 4.78. The second-order valence-electron chi connectivity index (χ2n) is 6.47. The molecule has 4 nitrogen and oxygen atoms in total. The van der Waals surface area contributed by atoms with E-state index in [-0.39, 0.29) is 17.7 Å². The van der Waals surface area contributed by atoms with Crippen molar-refractivity contribution in [3.05, 3.63) is 29.3 Å². The topological polar surface area (TPSA) is 40.6 Å². The minimum atomic E-state index is -0.211. The number of carbonyl (C=O) groups excluding carboxylic acids is 2. The Morgan fingerprint density at radius 1 is 1.00 bits per heavy atom. The number of hydrogen-bond donors (Lipinski definition) is 0. The molecule has 0 aliphatic carbocycles. The summed E-state index contributed by atoms with van der Waals surface area (Å²) in [6.07, 6.45) is 6.14. The molecule has 1 unspecified atom stereocenters. The quantitative estimate of drug-likeness (QED) is 0.830. The molecule has 2 aliphatic rings. The largest absolute Gasteiger partial charge is 0.342 e. The van der Waals surface area contributed by atoms with Crippen LogP contribution in [0.15, 0.2) is 24.3 Å². The Hall–Kier alpha value is -1.55. The third-order valence-corrected chi connectivity index (χ3v) is 5.03. The highest BCUT2D eigenvalue weighted by Crippen LogP contribution is 2.28. The van der Waals surface area contributed by atoms with E-state index >= 15 is 0 Å². The van der Waals surface area contributed by atoms with Crippen molar-refractivity contribution >= 4 is 29.1 Å². The molecule has 2 aliphatic heterocycles. The van der Waals surface area contributed by atoms with Gasteiger partial charge < -0.3 is 9.80 Å². The van der Waals surface area contributed by atoms with Crippen molar-refractivity contribution in [2.75, 3.05) is 24.5 Å². The number of carbonyl (C=O) groups is 2. The molecule has 1 atom stereocenters. The Balaban J connectivity index is 1.66. The van der Waals surface area contributed by atoms with E-state index in [1.165, 1.54) is 19.3 Å². The molecule has 3 rings (SSSR count). The number of likely N-dealkylation sites (tertiary alicyclic amines) is 1. The van der Waals surface area contributed by atoms with Gasteiger partial charge in [0, 0.05) is 36.8 Å². The first-order chi connectivity index (χ1) is 11.1. The maximum absolute atomic E-state index is 12.8. The average molecular weight is 335 g/mol. The van der Waals surface area contributed by atoms with E-state index in [4.69, 9.17) is 11.6 Å². The van der Waals surface area contributed by atoms with Gasteiger partial charge in [0.2, 0.25) is 11.8 Å². The molecule has 2 amide bonds. The van der Waals surface area contributed by atoms with Crippen LogP contribution in [0.1, 0.15) is 38.5 Å². The van der Waals surface area contributed by atoms with Gasteiger partial charge in [-0.05, 0) is 37.1 Å². The van der Waals surface area contributed by atoms with Crippen molar-refractivity contribution < 1.29 is 9.59 Å². The van der Waals surface area contributed by atoms with Crippen LogP contribution in [-0.4, -0.2) is 36.3 Å². The Kier molecular flexibility index (Phi) is 5.21. The summed E-state index contributed by atoms with van der Waals surface area (Å²) in [4.78, 5) is 28.8. The molecule has 0 saturated carbocycles. The van der Waals surface area contributed by atoms with Crippen LogP contribution < -0.4 is 4.90 Å². The zero-order valence-corrected chi connectivity index (χ0v) is 14.1. The summed E-state index contributed by atoms with van der Waals surface area (Å²) in [6.45, 7) is 2.16. The van der Waals surface area contributed by atoms with Gasteiger partial charge in [0.1, 0.15) is 0 Å². The molecule has 0 N–H and O–H groups in total. The van der Waals surface area contributed by atoms with E-state index < -0.39 is 0 Å². The molecule has 124 valence electrons. The van der Waals surface area contributed by atoms with Crippen LogP contribution in [0.4, 0.5) is 5.69 Å². The monoisotopic (exact) mass is 334 g/mol. The van der Waals surface area contributed by atoms with Crippen molar-refractivity contribution in [1.29, 1.82) is 0 Å². The normalized spacial score (nSPS) is 22.8. The predicted molar refractivity (Wildman–Crippen MR) is 91.6 cm³/mol. The molecule has 2 fully saturated rings. The van der Waals surface area contributed by atoms with Crippen molar-refractivity contribution in [2.45, 2.75) is 38.5 Å². The lowest BCUT2D eigenvalue weighted by Gasteiger charge is -2.27. The highest BCUT2D eigenvalue weighted by atomic mass is 35.5. The van der Waals surface area contributed by atoms with E-state index in [9.17, 15) is 9.59 Å². The number of halogens is 1. The third kappa shape index (κ3) is 3.86. The summed E-state index contributed by atoms with van der Waals surface area (Å²) >= 11 is 5.90. The van der Waals surface area contributed by atoms with Gasteiger partial charge in [0.15, 0.2) is 0 Å². The zero-order valence-electron chi connectivity index (χ0n) is 13.3. The summed E-state index contributed by atoms with van der Waals surface area (Å²) in [5.41, 5.74) is 0.822. The minimum Gasteiger partial charge on any atom is -0.342 e. The fraction of sp³-hybridized carbons (Fsp3) is 0.556. The van der Waals surface area contributed by atoms with Crippen LogP contribution >= 0.6 is 11.6 Å². The smallest absolute Gasteiger partial charge is 0.228 e. The van der Waals surface area contributed by atoms with Crippen molar-refractivity contribution in [3.8, 4) is 0 Å². The first kappa shape index (κ1) is 16.3. The number of amides is 2. The summed E-state index contributed by atoms with van der Waals surface area (Å²) in [7, 11) is 0. The number of benzene rings is 1. The lowest BCUT2D eigenvalue weighted by molar-refractivity contribution is -0.136. The molecule has 5 heteroatoms. The molecule has 0 bridgehead atoms. The van der Waals surface area contributed by atoms with Gasteiger partial charge in [-0.15, -0.1) is 0 Å². The average Bonchev–Trinajstić information content (AvgIpc) is 2.89.